The van der Waals surface area contributed by atoms with Crippen LogP contribution in [0.25, 0.3) is 0 Å². The molecule has 0 unspecified atom stereocenters. The molecule has 3 fully saturated rings. The normalized spacial score (nSPS) is 40.3. The van der Waals surface area contributed by atoms with Crippen molar-refractivity contribution in [2.75, 3.05) is 12.5 Å². The molecule has 0 heterocycles. The molecule has 0 radical (unpaired) electrons. The van der Waals surface area contributed by atoms with Gasteiger partial charge in [0.15, 0.2) is 5.78 Å². The molecule has 0 aromatic rings. The number of hydrogen-bond donors (Lipinski definition) is 0. The Morgan fingerprint density at radius 1 is 0.921 bits per heavy atom. The molecule has 0 bridgehead atoms. The van der Waals surface area contributed by atoms with E-state index in [9.17, 15) is 21.6 Å². The van der Waals surface area contributed by atoms with Crippen molar-refractivity contribution in [2.45, 2.75) is 105 Å². The van der Waals surface area contributed by atoms with Gasteiger partial charge in [0, 0.05) is 6.42 Å². The Bertz CT molecular complexity index is 1160. The Balaban J connectivity index is 1.77. The van der Waals surface area contributed by atoms with Gasteiger partial charge in [0.25, 0.3) is 20.2 Å². The van der Waals surface area contributed by atoms with Crippen molar-refractivity contribution in [1.82, 2.24) is 0 Å². The minimum absolute atomic E-state index is 0.0230. The smallest absolute Gasteiger partial charge is 0.265 e. The van der Waals surface area contributed by atoms with E-state index in [1.54, 1.807) is 0 Å². The van der Waals surface area contributed by atoms with E-state index in [1.165, 1.54) is 25.3 Å². The van der Waals surface area contributed by atoms with E-state index in [-0.39, 0.29) is 29.0 Å². The predicted molar refractivity (Wildman–Crippen MR) is 148 cm³/mol. The summed E-state index contributed by atoms with van der Waals surface area (Å²) >= 11 is 0. The SMILES string of the molecule is CC(C)CCC[C@@H](C)[C@H]1CC[C@H]2[C@@H]3[C@@H](OS(C)(=O)=O)[C@@H](OS(C)(=O)=O)C4=CC(=O)CC[C@]4(C)[C@H]3CC[C@]12C. The maximum absolute atomic E-state index is 12.6. The van der Waals surface area contributed by atoms with Crippen LogP contribution in [-0.2, 0) is 33.4 Å². The first-order valence-electron chi connectivity index (χ1n) is 14.5. The van der Waals surface area contributed by atoms with Gasteiger partial charge >= 0.3 is 0 Å². The summed E-state index contributed by atoms with van der Waals surface area (Å²) in [6.07, 6.45) is 10.1. The second-order valence-electron chi connectivity index (χ2n) is 13.8. The third-order valence-corrected chi connectivity index (χ3v) is 11.9. The Labute approximate surface area is 230 Å². The molecular formula is C29H48O7S2. The Kier molecular flexibility index (Phi) is 8.40. The molecule has 38 heavy (non-hydrogen) atoms. The molecule has 0 aliphatic heterocycles. The van der Waals surface area contributed by atoms with E-state index in [2.05, 4.69) is 34.6 Å². The second kappa shape index (κ2) is 10.6. The summed E-state index contributed by atoms with van der Waals surface area (Å²) in [5, 5.41) is 0. The number of hydrogen-bond acceptors (Lipinski definition) is 7. The van der Waals surface area contributed by atoms with Gasteiger partial charge in [-0.05, 0) is 90.1 Å². The molecule has 0 N–H and O–H groups in total. The van der Waals surface area contributed by atoms with Crippen LogP contribution < -0.4 is 0 Å². The third kappa shape index (κ3) is 5.82. The summed E-state index contributed by atoms with van der Waals surface area (Å²) in [6.45, 7) is 11.4. The largest absolute Gasteiger partial charge is 0.295 e. The summed E-state index contributed by atoms with van der Waals surface area (Å²) < 4.78 is 61.6. The van der Waals surface area contributed by atoms with Crippen LogP contribution in [0, 0.1) is 46.3 Å². The van der Waals surface area contributed by atoms with Crippen LogP contribution in [0.1, 0.15) is 92.4 Å². The van der Waals surface area contributed by atoms with Crippen molar-refractivity contribution >= 4 is 26.0 Å². The summed E-state index contributed by atoms with van der Waals surface area (Å²) in [6, 6.07) is 0. The topological polar surface area (TPSA) is 104 Å². The number of ketones is 1. The Morgan fingerprint density at radius 3 is 2.18 bits per heavy atom. The first-order chi connectivity index (χ1) is 17.5. The van der Waals surface area contributed by atoms with Crippen molar-refractivity contribution < 1.29 is 30.0 Å². The van der Waals surface area contributed by atoms with Crippen molar-refractivity contribution in [3.8, 4) is 0 Å². The maximum Gasteiger partial charge on any atom is 0.265 e. The molecule has 3 saturated carbocycles. The molecule has 0 spiro atoms. The highest BCUT2D eigenvalue weighted by atomic mass is 32.2. The number of fused-ring (bicyclic) bond motifs is 5. The van der Waals surface area contributed by atoms with Gasteiger partial charge in [-0.15, -0.1) is 0 Å². The van der Waals surface area contributed by atoms with E-state index in [0.29, 0.717) is 36.2 Å². The van der Waals surface area contributed by atoms with Crippen LogP contribution in [0.3, 0.4) is 0 Å². The molecule has 0 saturated heterocycles. The van der Waals surface area contributed by atoms with Crippen LogP contribution in [-0.4, -0.2) is 47.3 Å². The zero-order chi connectivity index (χ0) is 28.3. The second-order valence-corrected chi connectivity index (χ2v) is 17.0. The lowest BCUT2D eigenvalue weighted by atomic mass is 9.45. The van der Waals surface area contributed by atoms with Crippen molar-refractivity contribution in [3.05, 3.63) is 11.6 Å². The highest BCUT2D eigenvalue weighted by Crippen LogP contribution is 2.68. The molecule has 9 atom stereocenters. The van der Waals surface area contributed by atoms with Gasteiger partial charge < -0.3 is 0 Å². The standard InChI is InChI=1S/C29H48O7S2/c1-18(2)9-8-10-19(3)21-11-12-22-25-23(14-16-28(21,22)4)29(5)15-13-20(30)17-24(29)26(35-37(6,31)32)27(25)36-38(7,33)34/h17-19,21-23,25-27H,8-16H2,1-7H3/t19-,21-,22+,23+,25+,26+,27-,28-,29-/m1/s1. The molecule has 0 aromatic carbocycles. The van der Waals surface area contributed by atoms with Crippen LogP contribution >= 0.6 is 0 Å². The van der Waals surface area contributed by atoms with Crippen LogP contribution in [0.4, 0.5) is 0 Å². The molecular weight excluding hydrogens is 524 g/mol. The highest BCUT2D eigenvalue weighted by molar-refractivity contribution is 7.86. The van der Waals surface area contributed by atoms with Crippen molar-refractivity contribution in [1.29, 1.82) is 0 Å². The van der Waals surface area contributed by atoms with Gasteiger partial charge in [0.1, 0.15) is 12.2 Å². The molecule has 4 aliphatic carbocycles. The first kappa shape index (κ1) is 30.2. The molecule has 218 valence electrons. The average molecular weight is 573 g/mol. The summed E-state index contributed by atoms with van der Waals surface area (Å²) in [5.74, 6) is 1.85. The molecule has 0 aromatic heterocycles. The van der Waals surface area contributed by atoms with Crippen molar-refractivity contribution in [2.24, 2.45) is 46.3 Å². The van der Waals surface area contributed by atoms with Gasteiger partial charge in [-0.1, -0.05) is 53.9 Å². The minimum atomic E-state index is -3.95. The van der Waals surface area contributed by atoms with Crippen LogP contribution in [0.5, 0.6) is 0 Å². The van der Waals surface area contributed by atoms with E-state index >= 15 is 0 Å². The summed E-state index contributed by atoms with van der Waals surface area (Å²) in [7, 11) is -7.87. The number of carbonyl (C=O) groups is 1. The van der Waals surface area contributed by atoms with Crippen LogP contribution in [0.2, 0.25) is 0 Å². The van der Waals surface area contributed by atoms with Gasteiger partial charge in [0.05, 0.1) is 12.5 Å². The molecule has 4 rings (SSSR count). The zero-order valence-electron chi connectivity index (χ0n) is 24.2. The monoisotopic (exact) mass is 572 g/mol. The Morgan fingerprint density at radius 2 is 1.58 bits per heavy atom. The lowest BCUT2D eigenvalue weighted by molar-refractivity contribution is -0.138. The Hall–Kier alpha value is -0.770. The van der Waals surface area contributed by atoms with Gasteiger partial charge in [0.2, 0.25) is 0 Å². The lowest BCUT2D eigenvalue weighted by Gasteiger charge is -2.61. The zero-order valence-corrected chi connectivity index (χ0v) is 25.9. The lowest BCUT2D eigenvalue weighted by Crippen LogP contribution is -2.62. The maximum atomic E-state index is 12.6. The third-order valence-electron chi connectivity index (χ3n) is 10.8. The van der Waals surface area contributed by atoms with Gasteiger partial charge in [-0.2, -0.15) is 16.8 Å². The quantitative estimate of drug-likeness (QED) is 0.336. The first-order valence-corrected chi connectivity index (χ1v) is 18.1. The minimum Gasteiger partial charge on any atom is -0.295 e. The average Bonchev–Trinajstić information content (AvgIpc) is 3.12. The molecule has 9 heteroatoms. The molecule has 0 amide bonds. The number of carbonyl (C=O) groups excluding carboxylic acids is 1. The highest BCUT2D eigenvalue weighted by Gasteiger charge is 2.65. The van der Waals surface area contributed by atoms with E-state index in [0.717, 1.165) is 38.2 Å². The molecule has 4 aliphatic rings. The fourth-order valence-corrected chi connectivity index (χ4v) is 10.4. The predicted octanol–water partition coefficient (Wildman–Crippen LogP) is 5.51. The fraction of sp³-hybridized carbons (Fsp3) is 0.897. The summed E-state index contributed by atoms with van der Waals surface area (Å²) in [5.41, 5.74) is 0.178. The van der Waals surface area contributed by atoms with Gasteiger partial charge in [-0.25, -0.2) is 0 Å². The fourth-order valence-electron chi connectivity index (χ4n) is 9.16. The van der Waals surface area contributed by atoms with E-state index in [4.69, 9.17) is 8.37 Å². The van der Waals surface area contributed by atoms with Crippen molar-refractivity contribution in [3.63, 3.8) is 0 Å². The van der Waals surface area contributed by atoms with Crippen LogP contribution in [0.15, 0.2) is 11.6 Å². The number of rotatable bonds is 9. The van der Waals surface area contributed by atoms with Gasteiger partial charge in [-0.3, -0.25) is 13.2 Å². The van der Waals surface area contributed by atoms with E-state index < -0.39 is 37.9 Å². The summed E-state index contributed by atoms with van der Waals surface area (Å²) in [4.78, 5) is 12.6. The van der Waals surface area contributed by atoms with E-state index in [1.807, 2.05) is 0 Å². The molecule has 7 nitrogen and oxygen atoms in total.